The molecule has 0 aliphatic heterocycles. The molecule has 90 valence electrons. The average Bonchev–Trinajstić information content (AvgIpc) is 2.89. The van der Waals surface area contributed by atoms with Crippen LogP contribution < -0.4 is 5.32 Å². The van der Waals surface area contributed by atoms with Crippen molar-refractivity contribution in [2.75, 3.05) is 5.32 Å². The number of nitrogens with one attached hydrogen (secondary N) is 1. The standard InChI is InChI=1S/C13H12N4S/c1-9-13(14-6-10-7-18-8-15-10)17-12-5-3-2-4-11(12)16-9/h2-5,7-8H,6H2,1H3,(H,14,17). The van der Waals surface area contributed by atoms with Crippen LogP contribution in [0.15, 0.2) is 35.2 Å². The van der Waals surface area contributed by atoms with Gasteiger partial charge in [0.2, 0.25) is 0 Å². The fraction of sp³-hybridized carbons (Fsp3) is 0.154. The molecule has 18 heavy (non-hydrogen) atoms. The summed E-state index contributed by atoms with van der Waals surface area (Å²) in [6, 6.07) is 7.88. The molecule has 5 heteroatoms. The molecule has 0 amide bonds. The summed E-state index contributed by atoms with van der Waals surface area (Å²) in [6.07, 6.45) is 0. The second kappa shape index (κ2) is 4.70. The average molecular weight is 256 g/mol. The lowest BCUT2D eigenvalue weighted by Gasteiger charge is -2.08. The molecule has 3 rings (SSSR count). The summed E-state index contributed by atoms with van der Waals surface area (Å²) in [6.45, 7) is 2.64. The van der Waals surface area contributed by atoms with E-state index in [4.69, 9.17) is 0 Å². The second-order valence-corrected chi connectivity index (χ2v) is 4.70. The zero-order valence-electron chi connectivity index (χ0n) is 9.92. The number of anilines is 1. The van der Waals surface area contributed by atoms with Gasteiger partial charge in [-0.1, -0.05) is 12.1 Å². The van der Waals surface area contributed by atoms with Gasteiger partial charge in [-0.05, 0) is 19.1 Å². The fourth-order valence-electron chi connectivity index (χ4n) is 1.75. The minimum absolute atomic E-state index is 0.678. The van der Waals surface area contributed by atoms with E-state index in [1.165, 1.54) is 0 Å². The number of para-hydroxylation sites is 2. The van der Waals surface area contributed by atoms with Gasteiger partial charge in [-0.2, -0.15) is 0 Å². The van der Waals surface area contributed by atoms with Gasteiger partial charge in [-0.3, -0.25) is 0 Å². The van der Waals surface area contributed by atoms with Gasteiger partial charge in [0.05, 0.1) is 34.5 Å². The summed E-state index contributed by atoms with van der Waals surface area (Å²) in [5, 5.41) is 5.30. The number of hydrogen-bond acceptors (Lipinski definition) is 5. The number of nitrogens with zero attached hydrogens (tertiary/aromatic N) is 3. The Morgan fingerprint density at radius 3 is 2.67 bits per heavy atom. The molecule has 1 N–H and O–H groups in total. The summed E-state index contributed by atoms with van der Waals surface area (Å²) >= 11 is 1.59. The van der Waals surface area contributed by atoms with Crippen molar-refractivity contribution in [2.45, 2.75) is 13.5 Å². The van der Waals surface area contributed by atoms with Crippen LogP contribution in [0.3, 0.4) is 0 Å². The number of rotatable bonds is 3. The summed E-state index contributed by atoms with van der Waals surface area (Å²) in [7, 11) is 0. The highest BCUT2D eigenvalue weighted by Gasteiger charge is 2.04. The number of aryl methyl sites for hydroxylation is 1. The molecule has 0 aliphatic carbocycles. The Bertz CT molecular complexity index is 664. The topological polar surface area (TPSA) is 50.7 Å². The van der Waals surface area contributed by atoms with Crippen LogP contribution in [0.1, 0.15) is 11.4 Å². The van der Waals surface area contributed by atoms with E-state index >= 15 is 0 Å². The van der Waals surface area contributed by atoms with Crippen molar-refractivity contribution in [1.29, 1.82) is 0 Å². The zero-order valence-corrected chi connectivity index (χ0v) is 10.7. The van der Waals surface area contributed by atoms with Crippen LogP contribution in [0.4, 0.5) is 5.82 Å². The molecule has 3 aromatic rings. The predicted molar refractivity (Wildman–Crippen MR) is 73.7 cm³/mol. The van der Waals surface area contributed by atoms with Gasteiger partial charge in [0.25, 0.3) is 0 Å². The molecule has 0 saturated heterocycles. The Morgan fingerprint density at radius 1 is 1.17 bits per heavy atom. The molecule has 0 atom stereocenters. The molecular formula is C13H12N4S. The quantitative estimate of drug-likeness (QED) is 0.782. The number of aromatic nitrogens is 3. The Morgan fingerprint density at radius 2 is 1.94 bits per heavy atom. The molecule has 0 aliphatic rings. The van der Waals surface area contributed by atoms with Crippen LogP contribution in [0.25, 0.3) is 11.0 Å². The zero-order chi connectivity index (χ0) is 12.4. The normalized spacial score (nSPS) is 10.7. The maximum Gasteiger partial charge on any atom is 0.148 e. The third-order valence-corrected chi connectivity index (χ3v) is 3.30. The summed E-state index contributed by atoms with van der Waals surface area (Å²) < 4.78 is 0. The van der Waals surface area contributed by atoms with E-state index in [1.807, 2.05) is 42.1 Å². The van der Waals surface area contributed by atoms with Crippen molar-refractivity contribution in [2.24, 2.45) is 0 Å². The molecule has 0 saturated carbocycles. The van der Waals surface area contributed by atoms with Crippen molar-refractivity contribution >= 4 is 28.2 Å². The molecular weight excluding hydrogens is 244 g/mol. The lowest BCUT2D eigenvalue weighted by molar-refractivity contribution is 1.04. The van der Waals surface area contributed by atoms with Gasteiger partial charge in [0.1, 0.15) is 5.82 Å². The van der Waals surface area contributed by atoms with E-state index in [0.29, 0.717) is 6.54 Å². The first-order valence-electron chi connectivity index (χ1n) is 5.67. The number of fused-ring (bicyclic) bond motifs is 1. The van der Waals surface area contributed by atoms with E-state index < -0.39 is 0 Å². The maximum atomic E-state index is 4.58. The van der Waals surface area contributed by atoms with E-state index in [2.05, 4.69) is 20.3 Å². The van der Waals surface area contributed by atoms with Crippen molar-refractivity contribution in [3.63, 3.8) is 0 Å². The highest BCUT2D eigenvalue weighted by atomic mass is 32.1. The van der Waals surface area contributed by atoms with Gasteiger partial charge >= 0.3 is 0 Å². The van der Waals surface area contributed by atoms with E-state index in [0.717, 1.165) is 28.2 Å². The van der Waals surface area contributed by atoms with Crippen LogP contribution in [0.5, 0.6) is 0 Å². The molecule has 4 nitrogen and oxygen atoms in total. The molecule has 0 radical (unpaired) electrons. The lowest BCUT2D eigenvalue weighted by Crippen LogP contribution is -2.05. The van der Waals surface area contributed by atoms with Crippen LogP contribution >= 0.6 is 11.3 Å². The number of thiazole rings is 1. The number of hydrogen-bond donors (Lipinski definition) is 1. The number of benzene rings is 1. The predicted octanol–water partition coefficient (Wildman–Crippen LogP) is 3.01. The second-order valence-electron chi connectivity index (χ2n) is 3.98. The molecule has 0 bridgehead atoms. The first kappa shape index (κ1) is 11.1. The highest BCUT2D eigenvalue weighted by molar-refractivity contribution is 7.07. The van der Waals surface area contributed by atoms with Gasteiger partial charge < -0.3 is 5.32 Å². The Hall–Kier alpha value is -2.01. The first-order chi connectivity index (χ1) is 8.83. The molecule has 0 spiro atoms. The Labute approximate surface area is 109 Å². The molecule has 1 aromatic carbocycles. The van der Waals surface area contributed by atoms with Crippen LogP contribution in [0.2, 0.25) is 0 Å². The minimum atomic E-state index is 0.678. The SMILES string of the molecule is Cc1nc2ccccc2nc1NCc1cscn1. The Kier molecular flexibility index (Phi) is 2.90. The fourth-order valence-corrected chi connectivity index (χ4v) is 2.31. The molecule has 2 heterocycles. The van der Waals surface area contributed by atoms with Gasteiger partial charge in [-0.15, -0.1) is 11.3 Å². The summed E-state index contributed by atoms with van der Waals surface area (Å²) in [5.74, 6) is 0.821. The van der Waals surface area contributed by atoms with E-state index in [9.17, 15) is 0 Å². The van der Waals surface area contributed by atoms with E-state index in [-0.39, 0.29) is 0 Å². The third kappa shape index (κ3) is 2.17. The van der Waals surface area contributed by atoms with Crippen LogP contribution in [-0.2, 0) is 6.54 Å². The van der Waals surface area contributed by atoms with E-state index in [1.54, 1.807) is 11.3 Å². The van der Waals surface area contributed by atoms with Gasteiger partial charge in [-0.25, -0.2) is 15.0 Å². The van der Waals surface area contributed by atoms with Crippen molar-refractivity contribution < 1.29 is 0 Å². The first-order valence-corrected chi connectivity index (χ1v) is 6.61. The van der Waals surface area contributed by atoms with Gasteiger partial charge in [0, 0.05) is 5.38 Å². The van der Waals surface area contributed by atoms with Crippen molar-refractivity contribution in [3.05, 3.63) is 46.5 Å². The van der Waals surface area contributed by atoms with Crippen molar-refractivity contribution in [1.82, 2.24) is 15.0 Å². The monoisotopic (exact) mass is 256 g/mol. The smallest absolute Gasteiger partial charge is 0.148 e. The summed E-state index contributed by atoms with van der Waals surface area (Å²) in [5.41, 5.74) is 5.59. The molecule has 0 fully saturated rings. The van der Waals surface area contributed by atoms with Gasteiger partial charge in [0.15, 0.2) is 0 Å². The minimum Gasteiger partial charge on any atom is -0.363 e. The van der Waals surface area contributed by atoms with Crippen LogP contribution in [-0.4, -0.2) is 15.0 Å². The molecule has 2 aromatic heterocycles. The maximum absolute atomic E-state index is 4.58. The summed E-state index contributed by atoms with van der Waals surface area (Å²) in [4.78, 5) is 13.3. The highest BCUT2D eigenvalue weighted by Crippen LogP contribution is 2.16. The largest absolute Gasteiger partial charge is 0.363 e. The Balaban J connectivity index is 1.89. The third-order valence-electron chi connectivity index (χ3n) is 2.67. The molecule has 0 unspecified atom stereocenters. The lowest BCUT2D eigenvalue weighted by atomic mass is 10.3. The van der Waals surface area contributed by atoms with Crippen molar-refractivity contribution in [3.8, 4) is 0 Å². The van der Waals surface area contributed by atoms with Crippen LogP contribution in [0, 0.1) is 6.92 Å².